The molecule has 0 bridgehead atoms. The predicted molar refractivity (Wildman–Crippen MR) is 102 cm³/mol. The summed E-state index contributed by atoms with van der Waals surface area (Å²) in [6.07, 6.45) is 4.35. The van der Waals surface area contributed by atoms with Crippen molar-refractivity contribution < 1.29 is 4.79 Å². The first-order chi connectivity index (χ1) is 11.5. The third-order valence-electron chi connectivity index (χ3n) is 4.31. The smallest absolute Gasteiger partial charge is 0.142 e. The first-order valence-corrected chi connectivity index (χ1v) is 8.36. The molecule has 2 nitrogen and oxygen atoms in total. The Balaban J connectivity index is 2.45. The van der Waals surface area contributed by atoms with Crippen molar-refractivity contribution in [1.29, 1.82) is 0 Å². The molecule has 0 saturated carbocycles. The van der Waals surface area contributed by atoms with Gasteiger partial charge in [-0.1, -0.05) is 47.5 Å². The van der Waals surface area contributed by atoms with Gasteiger partial charge in [-0.05, 0) is 51.5 Å². The number of carbonyl (C=O) groups excluding carboxylic acids is 1. The summed E-state index contributed by atoms with van der Waals surface area (Å²) in [5, 5.41) is 1.22. The number of nitrogens with zero attached hydrogens (tertiary/aromatic N) is 1. The van der Waals surface area contributed by atoms with Gasteiger partial charge in [-0.25, -0.2) is 0 Å². The van der Waals surface area contributed by atoms with E-state index < -0.39 is 0 Å². The summed E-state index contributed by atoms with van der Waals surface area (Å²) in [6.45, 7) is 8.60. The van der Waals surface area contributed by atoms with Gasteiger partial charge in [-0.3, -0.25) is 4.79 Å². The van der Waals surface area contributed by atoms with Crippen LogP contribution in [0.1, 0.15) is 36.7 Å². The average Bonchev–Trinajstić information content (AvgIpc) is 2.86. The lowest BCUT2D eigenvalue weighted by molar-refractivity contribution is -0.104. The van der Waals surface area contributed by atoms with Crippen LogP contribution < -0.4 is 0 Å². The number of rotatable bonds is 4. The van der Waals surface area contributed by atoms with Crippen molar-refractivity contribution in [2.45, 2.75) is 33.7 Å². The molecule has 2 heteroatoms. The molecule has 24 heavy (non-hydrogen) atoms. The molecule has 0 unspecified atom stereocenters. The Morgan fingerprint density at radius 2 is 1.67 bits per heavy atom. The van der Waals surface area contributed by atoms with Gasteiger partial charge < -0.3 is 4.57 Å². The lowest BCUT2D eigenvalue weighted by Gasteiger charge is -2.13. The number of hydrogen-bond acceptors (Lipinski definition) is 1. The molecule has 0 fully saturated rings. The number of allylic oxidation sites excluding steroid dienone is 1. The van der Waals surface area contributed by atoms with Gasteiger partial charge in [0.2, 0.25) is 0 Å². The van der Waals surface area contributed by atoms with Crippen LogP contribution >= 0.6 is 0 Å². The second-order valence-corrected chi connectivity index (χ2v) is 6.61. The average molecular weight is 317 g/mol. The maximum atomic E-state index is 10.9. The number of hydrogen-bond donors (Lipinski definition) is 0. The van der Waals surface area contributed by atoms with E-state index in [0.29, 0.717) is 6.04 Å². The van der Waals surface area contributed by atoms with E-state index in [1.54, 1.807) is 6.08 Å². The zero-order valence-corrected chi connectivity index (χ0v) is 14.7. The van der Waals surface area contributed by atoms with E-state index in [1.807, 2.05) is 6.08 Å². The molecule has 0 radical (unpaired) electrons. The second kappa shape index (κ2) is 6.48. The SMILES string of the molecule is Cc1cc(C)cc(-c2c(/C=C/C=O)n(C(C)C)c3ccccc23)c1. The highest BCUT2D eigenvalue weighted by molar-refractivity contribution is 6.01. The van der Waals surface area contributed by atoms with Gasteiger partial charge in [-0.15, -0.1) is 0 Å². The number of fused-ring (bicyclic) bond motifs is 1. The highest BCUT2D eigenvalue weighted by Crippen LogP contribution is 2.38. The van der Waals surface area contributed by atoms with Crippen LogP contribution in [0.15, 0.2) is 48.5 Å². The standard InChI is InChI=1S/C22H23NO/c1-15(2)23-20-9-6-5-8-19(20)22(21(23)10-7-11-24)18-13-16(3)12-17(4)14-18/h5-15H,1-4H3/b10-7+. The zero-order chi connectivity index (χ0) is 17.3. The number of carbonyl (C=O) groups is 1. The maximum Gasteiger partial charge on any atom is 0.142 e. The van der Waals surface area contributed by atoms with Gasteiger partial charge in [0.25, 0.3) is 0 Å². The van der Waals surface area contributed by atoms with Crippen molar-refractivity contribution in [3.63, 3.8) is 0 Å². The van der Waals surface area contributed by atoms with Crippen molar-refractivity contribution in [2.24, 2.45) is 0 Å². The molecule has 0 aliphatic rings. The van der Waals surface area contributed by atoms with Crippen LogP contribution in [0.2, 0.25) is 0 Å². The third-order valence-corrected chi connectivity index (χ3v) is 4.31. The summed E-state index contributed by atoms with van der Waals surface area (Å²) < 4.78 is 2.31. The van der Waals surface area contributed by atoms with Crippen LogP contribution in [0.4, 0.5) is 0 Å². The Morgan fingerprint density at radius 1 is 1.00 bits per heavy atom. The fraction of sp³-hybridized carbons (Fsp3) is 0.227. The fourth-order valence-corrected chi connectivity index (χ4v) is 3.56. The number of para-hydroxylation sites is 1. The van der Waals surface area contributed by atoms with Gasteiger partial charge >= 0.3 is 0 Å². The monoisotopic (exact) mass is 317 g/mol. The quantitative estimate of drug-likeness (QED) is 0.445. The highest BCUT2D eigenvalue weighted by atomic mass is 16.1. The van der Waals surface area contributed by atoms with E-state index in [2.05, 4.69) is 74.7 Å². The molecular formula is C22H23NO. The van der Waals surface area contributed by atoms with Crippen LogP contribution in [0, 0.1) is 13.8 Å². The minimum Gasteiger partial charge on any atom is -0.338 e. The molecule has 0 spiro atoms. The molecule has 1 heterocycles. The zero-order valence-electron chi connectivity index (χ0n) is 14.7. The van der Waals surface area contributed by atoms with Gasteiger partial charge in [0.05, 0.1) is 5.69 Å². The Hall–Kier alpha value is -2.61. The number of aryl methyl sites for hydroxylation is 2. The summed E-state index contributed by atoms with van der Waals surface area (Å²) in [6, 6.07) is 15.4. The van der Waals surface area contributed by atoms with Crippen molar-refractivity contribution >= 4 is 23.3 Å². The molecular weight excluding hydrogens is 294 g/mol. The van der Waals surface area contributed by atoms with Crippen molar-refractivity contribution in [2.75, 3.05) is 0 Å². The molecule has 3 aromatic rings. The van der Waals surface area contributed by atoms with Gasteiger partial charge in [0.1, 0.15) is 6.29 Å². The van der Waals surface area contributed by atoms with E-state index >= 15 is 0 Å². The van der Waals surface area contributed by atoms with Crippen LogP contribution in [-0.4, -0.2) is 10.9 Å². The summed E-state index contributed by atoms with van der Waals surface area (Å²) in [7, 11) is 0. The van der Waals surface area contributed by atoms with Crippen LogP contribution in [0.5, 0.6) is 0 Å². The topological polar surface area (TPSA) is 22.0 Å². The second-order valence-electron chi connectivity index (χ2n) is 6.61. The number of benzene rings is 2. The van der Waals surface area contributed by atoms with Gasteiger partial charge in [0.15, 0.2) is 0 Å². The van der Waals surface area contributed by atoms with Crippen LogP contribution in [0.3, 0.4) is 0 Å². The largest absolute Gasteiger partial charge is 0.338 e. The number of aromatic nitrogens is 1. The molecule has 0 atom stereocenters. The summed E-state index contributed by atoms with van der Waals surface area (Å²) in [5.41, 5.74) is 7.18. The Morgan fingerprint density at radius 3 is 2.29 bits per heavy atom. The van der Waals surface area contributed by atoms with Gasteiger partial charge in [0, 0.05) is 22.5 Å². The third kappa shape index (κ3) is 2.80. The van der Waals surface area contributed by atoms with E-state index in [1.165, 1.54) is 33.2 Å². The van der Waals surface area contributed by atoms with E-state index in [4.69, 9.17) is 0 Å². The molecule has 1 aromatic heterocycles. The first-order valence-electron chi connectivity index (χ1n) is 8.36. The normalized spacial score (nSPS) is 11.7. The molecule has 122 valence electrons. The minimum absolute atomic E-state index is 0.306. The first kappa shape index (κ1) is 16.3. The Labute approximate surface area is 143 Å². The van der Waals surface area contributed by atoms with Crippen molar-refractivity contribution in [1.82, 2.24) is 4.57 Å². The summed E-state index contributed by atoms with van der Waals surface area (Å²) in [4.78, 5) is 10.9. The lowest BCUT2D eigenvalue weighted by Crippen LogP contribution is -2.03. The molecule has 2 aromatic carbocycles. The van der Waals surface area contributed by atoms with Crippen molar-refractivity contribution in [3.05, 3.63) is 65.4 Å². The molecule has 0 aliphatic heterocycles. The highest BCUT2D eigenvalue weighted by Gasteiger charge is 2.18. The summed E-state index contributed by atoms with van der Waals surface area (Å²) >= 11 is 0. The molecule has 0 N–H and O–H groups in total. The Bertz CT molecular complexity index is 908. The minimum atomic E-state index is 0.306. The Kier molecular flexibility index (Phi) is 4.39. The van der Waals surface area contributed by atoms with Crippen LogP contribution in [-0.2, 0) is 4.79 Å². The molecule has 3 rings (SSSR count). The number of aldehydes is 1. The molecule has 0 saturated heterocycles. The maximum absolute atomic E-state index is 10.9. The van der Waals surface area contributed by atoms with Gasteiger partial charge in [-0.2, -0.15) is 0 Å². The lowest BCUT2D eigenvalue weighted by atomic mass is 9.98. The van der Waals surface area contributed by atoms with E-state index in [-0.39, 0.29) is 0 Å². The van der Waals surface area contributed by atoms with E-state index in [9.17, 15) is 4.79 Å². The van der Waals surface area contributed by atoms with Crippen LogP contribution in [0.25, 0.3) is 28.1 Å². The summed E-state index contributed by atoms with van der Waals surface area (Å²) in [5.74, 6) is 0. The molecule has 0 amide bonds. The fourth-order valence-electron chi connectivity index (χ4n) is 3.56. The van der Waals surface area contributed by atoms with Crippen molar-refractivity contribution in [3.8, 4) is 11.1 Å². The molecule has 0 aliphatic carbocycles. The van der Waals surface area contributed by atoms with E-state index in [0.717, 1.165) is 12.0 Å². The predicted octanol–water partition coefficient (Wildman–Crippen LogP) is 5.72.